The van der Waals surface area contributed by atoms with Gasteiger partial charge in [-0.25, -0.2) is 8.42 Å². The lowest BCUT2D eigenvalue weighted by molar-refractivity contribution is 0.601. The first kappa shape index (κ1) is 14.9. The number of hydrogen-bond donors (Lipinski definition) is 2. The maximum atomic E-state index is 12.2. The van der Waals surface area contributed by atoms with Crippen molar-refractivity contribution in [2.75, 3.05) is 4.72 Å². The fourth-order valence-corrected chi connectivity index (χ4v) is 3.29. The summed E-state index contributed by atoms with van der Waals surface area (Å²) in [6.45, 7) is 0. The van der Waals surface area contributed by atoms with E-state index in [9.17, 15) is 8.42 Å². The Kier molecular flexibility index (Phi) is 4.11. The first-order valence-electron chi connectivity index (χ1n) is 5.40. The molecule has 0 aliphatic carbocycles. The summed E-state index contributed by atoms with van der Waals surface area (Å²) in [5.74, 6) is 0. The van der Waals surface area contributed by atoms with Crippen LogP contribution in [0.4, 0.5) is 5.69 Å². The second-order valence-electron chi connectivity index (χ2n) is 4.01. The van der Waals surface area contributed by atoms with Gasteiger partial charge in [0.15, 0.2) is 0 Å². The van der Waals surface area contributed by atoms with Crippen molar-refractivity contribution in [1.29, 1.82) is 0 Å². The lowest BCUT2D eigenvalue weighted by atomic mass is 10.2. The zero-order chi connectivity index (χ0) is 14.9. The van der Waals surface area contributed by atoms with Gasteiger partial charge in [0.2, 0.25) is 0 Å². The van der Waals surface area contributed by atoms with Crippen LogP contribution >= 0.6 is 28.1 Å². The van der Waals surface area contributed by atoms with Gasteiger partial charge < -0.3 is 5.73 Å². The van der Waals surface area contributed by atoms with Gasteiger partial charge in [0.25, 0.3) is 10.0 Å². The number of benzene rings is 1. The molecule has 0 saturated carbocycles. The highest BCUT2D eigenvalue weighted by Crippen LogP contribution is 2.26. The Bertz CT molecular complexity index is 770. The standard InChI is InChI=1S/C11H11BrN4O2S2/c1-16-6-8(5-14-16)20(17,18)15-10-3-2-7(11(13)19)4-9(10)12/h2-6,15H,1H3,(H2,13,19). The molecular weight excluding hydrogens is 364 g/mol. The number of rotatable bonds is 4. The zero-order valence-corrected chi connectivity index (χ0v) is 13.6. The molecule has 6 nitrogen and oxygen atoms in total. The average molecular weight is 375 g/mol. The number of aryl methyl sites for hydroxylation is 1. The van der Waals surface area contributed by atoms with Crippen LogP contribution in [0.25, 0.3) is 0 Å². The number of nitrogens with one attached hydrogen (secondary N) is 1. The second kappa shape index (κ2) is 5.51. The van der Waals surface area contributed by atoms with Crippen molar-refractivity contribution in [3.8, 4) is 0 Å². The van der Waals surface area contributed by atoms with Gasteiger partial charge in [-0.1, -0.05) is 12.2 Å². The van der Waals surface area contributed by atoms with E-state index in [4.69, 9.17) is 18.0 Å². The minimum absolute atomic E-state index is 0.0883. The fourth-order valence-electron chi connectivity index (χ4n) is 1.49. The van der Waals surface area contributed by atoms with Crippen LogP contribution in [-0.2, 0) is 17.1 Å². The van der Waals surface area contributed by atoms with Crippen molar-refractivity contribution < 1.29 is 8.42 Å². The lowest BCUT2D eigenvalue weighted by Gasteiger charge is -2.09. The molecule has 0 bridgehead atoms. The Labute approximate surface area is 130 Å². The number of nitrogens with two attached hydrogens (primary N) is 1. The molecule has 0 saturated heterocycles. The van der Waals surface area contributed by atoms with Gasteiger partial charge in [-0.15, -0.1) is 0 Å². The molecule has 0 aliphatic rings. The second-order valence-corrected chi connectivity index (χ2v) is 6.99. The van der Waals surface area contributed by atoms with Crippen molar-refractivity contribution in [3.63, 3.8) is 0 Å². The summed E-state index contributed by atoms with van der Waals surface area (Å²) in [6.07, 6.45) is 2.69. The van der Waals surface area contributed by atoms with Crippen molar-refractivity contribution in [1.82, 2.24) is 9.78 Å². The third-order valence-corrected chi connectivity index (χ3v) is 4.70. The SMILES string of the molecule is Cn1cc(S(=O)(=O)Nc2ccc(C(N)=S)cc2Br)cn1. The Balaban J connectivity index is 2.32. The quantitative estimate of drug-likeness (QED) is 0.793. The molecular formula is C11H11BrN4O2S2. The van der Waals surface area contributed by atoms with Gasteiger partial charge in [-0.05, 0) is 34.1 Å². The molecule has 0 radical (unpaired) electrons. The number of anilines is 1. The Morgan fingerprint density at radius 1 is 1.50 bits per heavy atom. The number of nitrogens with zero attached hydrogens (tertiary/aromatic N) is 2. The molecule has 0 aliphatic heterocycles. The van der Waals surface area contributed by atoms with Gasteiger partial charge in [0.1, 0.15) is 9.88 Å². The van der Waals surface area contributed by atoms with Crippen LogP contribution < -0.4 is 10.5 Å². The summed E-state index contributed by atoms with van der Waals surface area (Å²) in [6, 6.07) is 4.89. The van der Waals surface area contributed by atoms with Crippen LogP contribution in [0.5, 0.6) is 0 Å². The monoisotopic (exact) mass is 374 g/mol. The Morgan fingerprint density at radius 2 is 2.20 bits per heavy atom. The predicted molar refractivity (Wildman–Crippen MR) is 84.0 cm³/mol. The molecule has 9 heteroatoms. The Hall–Kier alpha value is -1.45. The molecule has 106 valence electrons. The molecule has 0 fully saturated rings. The number of hydrogen-bond acceptors (Lipinski definition) is 4. The topological polar surface area (TPSA) is 90.0 Å². The summed E-state index contributed by atoms with van der Waals surface area (Å²) < 4.78 is 28.7. The first-order valence-corrected chi connectivity index (χ1v) is 8.09. The third kappa shape index (κ3) is 3.17. The third-order valence-electron chi connectivity index (χ3n) is 2.49. The summed E-state index contributed by atoms with van der Waals surface area (Å²) in [5, 5.41) is 3.84. The summed E-state index contributed by atoms with van der Waals surface area (Å²) in [4.78, 5) is 0.331. The lowest BCUT2D eigenvalue weighted by Crippen LogP contribution is -2.14. The van der Waals surface area contributed by atoms with Crippen LogP contribution in [0.2, 0.25) is 0 Å². The smallest absolute Gasteiger partial charge is 0.265 e. The number of halogens is 1. The van der Waals surface area contributed by atoms with Crippen molar-refractivity contribution in [2.24, 2.45) is 12.8 Å². The van der Waals surface area contributed by atoms with Crippen molar-refractivity contribution in [3.05, 3.63) is 40.6 Å². The maximum Gasteiger partial charge on any atom is 0.265 e. The van der Waals surface area contributed by atoms with E-state index in [1.165, 1.54) is 17.1 Å². The van der Waals surface area contributed by atoms with Gasteiger partial charge in [-0.2, -0.15) is 5.10 Å². The van der Waals surface area contributed by atoms with E-state index >= 15 is 0 Å². The van der Waals surface area contributed by atoms with E-state index in [1.807, 2.05) is 0 Å². The predicted octanol–water partition coefficient (Wildman–Crippen LogP) is 1.62. The first-order chi connectivity index (χ1) is 9.29. The van der Waals surface area contributed by atoms with E-state index in [1.54, 1.807) is 25.2 Å². The van der Waals surface area contributed by atoms with Gasteiger partial charge in [0, 0.05) is 23.3 Å². The summed E-state index contributed by atoms with van der Waals surface area (Å²) in [7, 11) is -2.03. The normalized spacial score (nSPS) is 11.3. The van der Waals surface area contributed by atoms with E-state index in [0.717, 1.165) is 0 Å². The maximum absolute atomic E-state index is 12.2. The fraction of sp³-hybridized carbons (Fsp3) is 0.0909. The van der Waals surface area contributed by atoms with Gasteiger partial charge in [0.05, 0.1) is 11.9 Å². The number of thiocarbonyl (C=S) groups is 1. The minimum Gasteiger partial charge on any atom is -0.389 e. The molecule has 1 heterocycles. The van der Waals surface area contributed by atoms with Gasteiger partial charge >= 0.3 is 0 Å². The average Bonchev–Trinajstić information content (AvgIpc) is 2.79. The highest BCUT2D eigenvalue weighted by molar-refractivity contribution is 9.10. The van der Waals surface area contributed by atoms with Crippen LogP contribution in [0.15, 0.2) is 40.0 Å². The van der Waals surface area contributed by atoms with Crippen LogP contribution in [0.3, 0.4) is 0 Å². The van der Waals surface area contributed by atoms with E-state index < -0.39 is 10.0 Å². The molecule has 3 N–H and O–H groups in total. The molecule has 20 heavy (non-hydrogen) atoms. The molecule has 2 aromatic rings. The van der Waals surface area contributed by atoms with E-state index in [-0.39, 0.29) is 9.88 Å². The van der Waals surface area contributed by atoms with Crippen LogP contribution in [-0.4, -0.2) is 23.2 Å². The van der Waals surface area contributed by atoms with Crippen LogP contribution in [0.1, 0.15) is 5.56 Å². The molecule has 0 amide bonds. The molecule has 2 rings (SSSR count). The van der Waals surface area contributed by atoms with E-state index in [0.29, 0.717) is 15.7 Å². The molecule has 0 spiro atoms. The summed E-state index contributed by atoms with van der Waals surface area (Å²) >= 11 is 8.14. The van der Waals surface area contributed by atoms with Crippen LogP contribution in [0, 0.1) is 0 Å². The number of aromatic nitrogens is 2. The largest absolute Gasteiger partial charge is 0.389 e. The Morgan fingerprint density at radius 3 is 2.70 bits per heavy atom. The zero-order valence-electron chi connectivity index (χ0n) is 10.4. The molecule has 0 unspecified atom stereocenters. The molecule has 0 atom stereocenters. The highest BCUT2D eigenvalue weighted by atomic mass is 79.9. The summed E-state index contributed by atoms with van der Waals surface area (Å²) in [5.41, 5.74) is 6.56. The molecule has 1 aromatic heterocycles. The van der Waals surface area contributed by atoms with E-state index in [2.05, 4.69) is 25.8 Å². The van der Waals surface area contributed by atoms with Gasteiger partial charge in [-0.3, -0.25) is 9.40 Å². The number of sulfonamides is 1. The molecule has 1 aromatic carbocycles. The van der Waals surface area contributed by atoms with Crippen molar-refractivity contribution in [2.45, 2.75) is 4.90 Å². The minimum atomic E-state index is -3.68. The highest BCUT2D eigenvalue weighted by Gasteiger charge is 2.17. The van der Waals surface area contributed by atoms with Crippen molar-refractivity contribution >= 4 is 48.8 Å².